The molecule has 5 nitrogen and oxygen atoms in total. The highest BCUT2D eigenvalue weighted by molar-refractivity contribution is 6.10. The largest absolute Gasteiger partial charge is 0.365 e. The van der Waals surface area contributed by atoms with Crippen molar-refractivity contribution in [3.05, 3.63) is 90.0 Å². The first-order valence-electron chi connectivity index (χ1n) is 8.85. The van der Waals surface area contributed by atoms with Gasteiger partial charge in [-0.15, -0.1) is 0 Å². The zero-order chi connectivity index (χ0) is 20.8. The van der Waals surface area contributed by atoms with Gasteiger partial charge in [0.1, 0.15) is 11.6 Å². The van der Waals surface area contributed by atoms with Gasteiger partial charge < -0.3 is 15.5 Å². The van der Waals surface area contributed by atoms with E-state index in [1.807, 2.05) is 0 Å². The molecule has 7 heteroatoms. The van der Waals surface area contributed by atoms with Crippen molar-refractivity contribution in [2.24, 2.45) is 0 Å². The van der Waals surface area contributed by atoms with Crippen LogP contribution in [0.2, 0.25) is 0 Å². The highest BCUT2D eigenvalue weighted by Crippen LogP contribution is 2.18. The molecular formula is C22H19F2N3O2. The Morgan fingerprint density at radius 2 is 1.41 bits per heavy atom. The van der Waals surface area contributed by atoms with E-state index in [-0.39, 0.29) is 23.8 Å². The first kappa shape index (κ1) is 20.0. The number of anilines is 3. The number of hydrogen-bond donors (Lipinski definition) is 2. The van der Waals surface area contributed by atoms with E-state index in [1.54, 1.807) is 48.3 Å². The first-order valence-corrected chi connectivity index (χ1v) is 8.85. The maximum atomic E-state index is 13.0. The average Bonchev–Trinajstić information content (AvgIpc) is 2.70. The highest BCUT2D eigenvalue weighted by atomic mass is 19.1. The third-order valence-electron chi connectivity index (χ3n) is 4.20. The van der Waals surface area contributed by atoms with Crippen molar-refractivity contribution in [2.75, 3.05) is 29.1 Å². The lowest BCUT2D eigenvalue weighted by molar-refractivity contribution is -0.114. The van der Waals surface area contributed by atoms with Crippen molar-refractivity contribution < 1.29 is 18.4 Å². The second-order valence-corrected chi connectivity index (χ2v) is 6.39. The topological polar surface area (TPSA) is 61.4 Å². The van der Waals surface area contributed by atoms with Crippen molar-refractivity contribution in [2.45, 2.75) is 0 Å². The molecule has 3 rings (SSSR count). The minimum atomic E-state index is -0.431. The zero-order valence-corrected chi connectivity index (χ0v) is 15.7. The molecule has 0 fully saturated rings. The fraction of sp³-hybridized carbons (Fsp3) is 0.0909. The first-order chi connectivity index (χ1) is 13.9. The Morgan fingerprint density at radius 3 is 2.07 bits per heavy atom. The van der Waals surface area contributed by atoms with Crippen molar-refractivity contribution in [1.29, 1.82) is 0 Å². The van der Waals surface area contributed by atoms with E-state index in [0.29, 0.717) is 17.1 Å². The standard InChI is InChI=1S/C22H19F2N3O2/c1-27(18-12-8-16(24)9-13-18)14-21(28)26-20-5-3-2-4-19(20)22(29)25-17-10-6-15(23)7-11-17/h2-13H,14H2,1H3,(H,25,29)(H,26,28). The molecular weight excluding hydrogens is 376 g/mol. The van der Waals surface area contributed by atoms with Crippen molar-refractivity contribution in [3.63, 3.8) is 0 Å². The van der Waals surface area contributed by atoms with E-state index in [2.05, 4.69) is 10.6 Å². The predicted octanol–water partition coefficient (Wildman–Crippen LogP) is 4.29. The van der Waals surface area contributed by atoms with Crippen LogP contribution in [0.4, 0.5) is 25.8 Å². The number of para-hydroxylation sites is 1. The number of benzene rings is 3. The molecule has 0 aliphatic rings. The molecule has 0 aromatic heterocycles. The van der Waals surface area contributed by atoms with Crippen LogP contribution in [-0.2, 0) is 4.79 Å². The number of likely N-dealkylation sites (N-methyl/N-ethyl adjacent to an activating group) is 1. The van der Waals surface area contributed by atoms with Crippen LogP contribution < -0.4 is 15.5 Å². The molecule has 2 N–H and O–H groups in total. The van der Waals surface area contributed by atoms with Crippen LogP contribution in [0.25, 0.3) is 0 Å². The summed E-state index contributed by atoms with van der Waals surface area (Å²) in [5, 5.41) is 5.39. The maximum Gasteiger partial charge on any atom is 0.257 e. The zero-order valence-electron chi connectivity index (χ0n) is 15.7. The van der Waals surface area contributed by atoms with Gasteiger partial charge in [0.05, 0.1) is 17.8 Å². The molecule has 0 saturated heterocycles. The molecule has 3 aromatic rings. The summed E-state index contributed by atoms with van der Waals surface area (Å²) in [6, 6.07) is 17.8. The summed E-state index contributed by atoms with van der Waals surface area (Å²) in [6.45, 7) is 0.0134. The van der Waals surface area contributed by atoms with Crippen LogP contribution in [0.1, 0.15) is 10.4 Å². The number of halogens is 2. The van der Waals surface area contributed by atoms with Gasteiger partial charge in [-0.25, -0.2) is 8.78 Å². The SMILES string of the molecule is CN(CC(=O)Nc1ccccc1C(=O)Nc1ccc(F)cc1)c1ccc(F)cc1. The fourth-order valence-electron chi connectivity index (χ4n) is 2.71. The smallest absolute Gasteiger partial charge is 0.257 e. The molecule has 0 aliphatic carbocycles. The van der Waals surface area contributed by atoms with Crippen molar-refractivity contribution in [3.8, 4) is 0 Å². The van der Waals surface area contributed by atoms with E-state index in [9.17, 15) is 18.4 Å². The second kappa shape index (κ2) is 8.97. The van der Waals surface area contributed by atoms with Gasteiger partial charge in [0.15, 0.2) is 0 Å². The Kier molecular flexibility index (Phi) is 6.19. The third kappa shape index (κ3) is 5.38. The highest BCUT2D eigenvalue weighted by Gasteiger charge is 2.15. The Labute approximate surface area is 167 Å². The van der Waals surface area contributed by atoms with Gasteiger partial charge >= 0.3 is 0 Å². The lowest BCUT2D eigenvalue weighted by atomic mass is 10.1. The molecule has 0 saturated carbocycles. The summed E-state index contributed by atoms with van der Waals surface area (Å²) in [5.74, 6) is -1.52. The minimum Gasteiger partial charge on any atom is -0.365 e. The summed E-state index contributed by atoms with van der Waals surface area (Å²) in [6.07, 6.45) is 0. The number of rotatable bonds is 6. The fourth-order valence-corrected chi connectivity index (χ4v) is 2.71. The van der Waals surface area contributed by atoms with Crippen molar-refractivity contribution >= 4 is 28.9 Å². The Balaban J connectivity index is 1.67. The second-order valence-electron chi connectivity index (χ2n) is 6.39. The Bertz CT molecular complexity index is 1010. The molecule has 0 radical (unpaired) electrons. The van der Waals surface area contributed by atoms with Gasteiger partial charge in [0.2, 0.25) is 5.91 Å². The summed E-state index contributed by atoms with van der Waals surface area (Å²) in [4.78, 5) is 26.7. The molecule has 148 valence electrons. The number of carbonyl (C=O) groups is 2. The molecule has 0 heterocycles. The summed E-state index contributed by atoms with van der Waals surface area (Å²) in [5.41, 5.74) is 1.75. The van der Waals surface area contributed by atoms with Gasteiger partial charge in [-0.05, 0) is 60.7 Å². The van der Waals surface area contributed by atoms with Gasteiger partial charge in [-0.2, -0.15) is 0 Å². The monoisotopic (exact) mass is 395 g/mol. The minimum absolute atomic E-state index is 0.0134. The van der Waals surface area contributed by atoms with E-state index >= 15 is 0 Å². The van der Waals surface area contributed by atoms with E-state index < -0.39 is 11.7 Å². The van der Waals surface area contributed by atoms with E-state index in [1.165, 1.54) is 36.4 Å². The molecule has 0 bridgehead atoms. The van der Waals surface area contributed by atoms with Gasteiger partial charge in [-0.3, -0.25) is 9.59 Å². The van der Waals surface area contributed by atoms with Crippen LogP contribution >= 0.6 is 0 Å². The van der Waals surface area contributed by atoms with Crippen LogP contribution in [0.3, 0.4) is 0 Å². The molecule has 0 atom stereocenters. The van der Waals surface area contributed by atoms with Gasteiger partial charge in [0, 0.05) is 18.4 Å². The number of nitrogens with zero attached hydrogens (tertiary/aromatic N) is 1. The number of carbonyl (C=O) groups excluding carboxylic acids is 2. The van der Waals surface area contributed by atoms with Gasteiger partial charge in [-0.1, -0.05) is 12.1 Å². The summed E-state index contributed by atoms with van der Waals surface area (Å²) in [7, 11) is 1.71. The quantitative estimate of drug-likeness (QED) is 0.655. The average molecular weight is 395 g/mol. The van der Waals surface area contributed by atoms with Crippen LogP contribution in [-0.4, -0.2) is 25.4 Å². The predicted molar refractivity (Wildman–Crippen MR) is 109 cm³/mol. The summed E-state index contributed by atoms with van der Waals surface area (Å²) < 4.78 is 26.1. The maximum absolute atomic E-state index is 13.0. The number of amides is 2. The Hall–Kier alpha value is -3.74. The lowest BCUT2D eigenvalue weighted by Crippen LogP contribution is -2.30. The lowest BCUT2D eigenvalue weighted by Gasteiger charge is -2.19. The van der Waals surface area contributed by atoms with Crippen LogP contribution in [0.5, 0.6) is 0 Å². The number of nitrogens with one attached hydrogen (secondary N) is 2. The van der Waals surface area contributed by atoms with E-state index in [0.717, 1.165) is 0 Å². The molecule has 0 spiro atoms. The van der Waals surface area contributed by atoms with Crippen molar-refractivity contribution in [1.82, 2.24) is 0 Å². The van der Waals surface area contributed by atoms with E-state index in [4.69, 9.17) is 0 Å². The molecule has 0 unspecified atom stereocenters. The van der Waals surface area contributed by atoms with Crippen LogP contribution in [0.15, 0.2) is 72.8 Å². The number of hydrogen-bond acceptors (Lipinski definition) is 3. The molecule has 2 amide bonds. The van der Waals surface area contributed by atoms with Gasteiger partial charge in [0.25, 0.3) is 5.91 Å². The Morgan fingerprint density at radius 1 is 0.828 bits per heavy atom. The molecule has 29 heavy (non-hydrogen) atoms. The summed E-state index contributed by atoms with van der Waals surface area (Å²) >= 11 is 0. The molecule has 3 aromatic carbocycles. The van der Waals surface area contributed by atoms with Crippen LogP contribution in [0, 0.1) is 11.6 Å². The molecule has 0 aliphatic heterocycles. The third-order valence-corrected chi connectivity index (χ3v) is 4.20. The normalized spacial score (nSPS) is 10.3.